The van der Waals surface area contributed by atoms with Crippen LogP contribution in [0.3, 0.4) is 0 Å². The Labute approximate surface area is 174 Å². The Morgan fingerprint density at radius 1 is 0.700 bits per heavy atom. The molecule has 2 amide bonds. The Bertz CT molecular complexity index is 936. The second kappa shape index (κ2) is 10.6. The van der Waals surface area contributed by atoms with E-state index in [1.807, 2.05) is 60.7 Å². The lowest BCUT2D eigenvalue weighted by Gasteiger charge is -2.17. The summed E-state index contributed by atoms with van der Waals surface area (Å²) in [6, 6.07) is 27.8. The van der Waals surface area contributed by atoms with Crippen LogP contribution in [0.1, 0.15) is 33.8 Å². The second-order valence-corrected chi connectivity index (χ2v) is 6.61. The Hall–Kier alpha value is -3.93. The summed E-state index contributed by atoms with van der Waals surface area (Å²) in [7, 11) is 0. The van der Waals surface area contributed by atoms with Gasteiger partial charge in [0.15, 0.2) is 6.61 Å². The molecule has 0 aliphatic carbocycles. The molecule has 0 heterocycles. The van der Waals surface area contributed by atoms with Crippen LogP contribution >= 0.6 is 0 Å². The van der Waals surface area contributed by atoms with Gasteiger partial charge < -0.3 is 4.74 Å². The van der Waals surface area contributed by atoms with Gasteiger partial charge in [-0.1, -0.05) is 78.9 Å². The van der Waals surface area contributed by atoms with Crippen molar-refractivity contribution in [2.24, 2.45) is 0 Å². The minimum absolute atomic E-state index is 0.0949. The molecule has 152 valence electrons. The van der Waals surface area contributed by atoms with E-state index < -0.39 is 24.4 Å². The summed E-state index contributed by atoms with van der Waals surface area (Å²) < 4.78 is 5.11. The van der Waals surface area contributed by atoms with Gasteiger partial charge in [0.25, 0.3) is 11.8 Å². The van der Waals surface area contributed by atoms with E-state index in [2.05, 4.69) is 10.9 Å². The van der Waals surface area contributed by atoms with Crippen molar-refractivity contribution >= 4 is 17.8 Å². The molecule has 0 bridgehead atoms. The summed E-state index contributed by atoms with van der Waals surface area (Å²) in [4.78, 5) is 36.2. The number of hydrogen-bond donors (Lipinski definition) is 2. The molecule has 30 heavy (non-hydrogen) atoms. The summed E-state index contributed by atoms with van der Waals surface area (Å²) in [6.45, 7) is -0.482. The molecule has 0 atom stereocenters. The van der Waals surface area contributed by atoms with E-state index in [0.29, 0.717) is 5.56 Å². The lowest BCUT2D eigenvalue weighted by molar-refractivity contribution is -0.148. The highest BCUT2D eigenvalue weighted by molar-refractivity contribution is 5.95. The Kier molecular flexibility index (Phi) is 7.33. The quantitative estimate of drug-likeness (QED) is 0.469. The zero-order valence-corrected chi connectivity index (χ0v) is 16.3. The molecule has 3 aromatic rings. The molecule has 3 aromatic carbocycles. The summed E-state index contributed by atoms with van der Waals surface area (Å²) >= 11 is 0. The predicted octanol–water partition coefficient (Wildman–Crippen LogP) is 3.21. The van der Waals surface area contributed by atoms with E-state index >= 15 is 0 Å². The summed E-state index contributed by atoms with van der Waals surface area (Å²) in [5.41, 5.74) is 6.90. The fourth-order valence-electron chi connectivity index (χ4n) is 2.99. The Morgan fingerprint density at radius 2 is 1.20 bits per heavy atom. The van der Waals surface area contributed by atoms with Gasteiger partial charge in [0.2, 0.25) is 0 Å². The number of amides is 2. The standard InChI is InChI=1S/C24H22N2O4/c27-22(25-26-24(29)20-14-8-3-9-15-20)17-30-23(28)16-21(18-10-4-1-5-11-18)19-12-6-2-7-13-19/h1-15,21H,16-17H2,(H,25,27)(H,26,29). The molecule has 3 rings (SSSR count). The van der Waals surface area contributed by atoms with Gasteiger partial charge in [-0.05, 0) is 23.3 Å². The summed E-state index contributed by atoms with van der Waals surface area (Å²) in [6.07, 6.45) is 0.0949. The van der Waals surface area contributed by atoms with Gasteiger partial charge in [-0.3, -0.25) is 25.2 Å². The largest absolute Gasteiger partial charge is 0.455 e. The van der Waals surface area contributed by atoms with Crippen molar-refractivity contribution in [3.05, 3.63) is 108 Å². The van der Waals surface area contributed by atoms with Gasteiger partial charge in [0.05, 0.1) is 6.42 Å². The number of nitrogens with one attached hydrogen (secondary N) is 2. The molecule has 0 radical (unpaired) electrons. The fraction of sp³-hybridized carbons (Fsp3) is 0.125. The van der Waals surface area contributed by atoms with E-state index in [1.165, 1.54) is 0 Å². The first-order valence-corrected chi connectivity index (χ1v) is 9.53. The molecular weight excluding hydrogens is 380 g/mol. The first-order chi connectivity index (χ1) is 14.6. The average Bonchev–Trinajstić information content (AvgIpc) is 2.81. The normalized spacial score (nSPS) is 10.3. The molecule has 0 aromatic heterocycles. The maximum atomic E-state index is 12.4. The molecule has 6 heteroatoms. The molecule has 6 nitrogen and oxygen atoms in total. The maximum Gasteiger partial charge on any atom is 0.307 e. The fourth-order valence-corrected chi connectivity index (χ4v) is 2.99. The SMILES string of the molecule is O=C(COC(=O)CC(c1ccccc1)c1ccccc1)NNC(=O)c1ccccc1. The molecule has 0 aliphatic rings. The van der Waals surface area contributed by atoms with Crippen molar-refractivity contribution < 1.29 is 19.1 Å². The summed E-state index contributed by atoms with van der Waals surface area (Å²) in [5, 5.41) is 0. The number of carbonyl (C=O) groups is 3. The molecule has 2 N–H and O–H groups in total. The number of carbonyl (C=O) groups excluding carboxylic acids is 3. The third-order valence-corrected chi connectivity index (χ3v) is 4.49. The highest BCUT2D eigenvalue weighted by Gasteiger charge is 2.19. The highest BCUT2D eigenvalue weighted by Crippen LogP contribution is 2.28. The Balaban J connectivity index is 1.52. The van der Waals surface area contributed by atoms with Crippen LogP contribution in [0, 0.1) is 0 Å². The van der Waals surface area contributed by atoms with Crippen molar-refractivity contribution in [1.29, 1.82) is 0 Å². The second-order valence-electron chi connectivity index (χ2n) is 6.61. The van der Waals surface area contributed by atoms with Gasteiger partial charge in [0.1, 0.15) is 0 Å². The van der Waals surface area contributed by atoms with Crippen LogP contribution in [0.25, 0.3) is 0 Å². The van der Waals surface area contributed by atoms with Gasteiger partial charge in [0, 0.05) is 11.5 Å². The van der Waals surface area contributed by atoms with Crippen LogP contribution in [0.15, 0.2) is 91.0 Å². The first kappa shape index (κ1) is 20.8. The smallest absolute Gasteiger partial charge is 0.307 e. The van der Waals surface area contributed by atoms with Gasteiger partial charge in [-0.25, -0.2) is 0 Å². The minimum Gasteiger partial charge on any atom is -0.455 e. The van der Waals surface area contributed by atoms with E-state index in [9.17, 15) is 14.4 Å². The molecule has 0 saturated carbocycles. The van der Waals surface area contributed by atoms with Crippen LogP contribution in [-0.4, -0.2) is 24.4 Å². The number of ether oxygens (including phenoxy) is 1. The van der Waals surface area contributed by atoms with Crippen LogP contribution in [0.5, 0.6) is 0 Å². The summed E-state index contributed by atoms with van der Waals surface area (Å²) in [5.74, 6) is -1.76. The van der Waals surface area contributed by atoms with E-state index in [-0.39, 0.29) is 12.3 Å². The van der Waals surface area contributed by atoms with Crippen molar-refractivity contribution in [3.8, 4) is 0 Å². The van der Waals surface area contributed by atoms with Gasteiger partial charge in [-0.15, -0.1) is 0 Å². The van der Waals surface area contributed by atoms with Crippen LogP contribution in [0.2, 0.25) is 0 Å². The minimum atomic E-state index is -0.622. The van der Waals surface area contributed by atoms with E-state index in [4.69, 9.17) is 4.74 Å². The topological polar surface area (TPSA) is 84.5 Å². The van der Waals surface area contributed by atoms with E-state index in [1.54, 1.807) is 30.3 Å². The van der Waals surface area contributed by atoms with Crippen molar-refractivity contribution in [3.63, 3.8) is 0 Å². The lowest BCUT2D eigenvalue weighted by atomic mass is 9.89. The maximum absolute atomic E-state index is 12.4. The Morgan fingerprint density at radius 3 is 1.73 bits per heavy atom. The number of hydrazine groups is 1. The van der Waals surface area contributed by atoms with Gasteiger partial charge in [-0.2, -0.15) is 0 Å². The van der Waals surface area contributed by atoms with Crippen LogP contribution in [0.4, 0.5) is 0 Å². The third-order valence-electron chi connectivity index (χ3n) is 4.49. The molecule has 0 spiro atoms. The first-order valence-electron chi connectivity index (χ1n) is 9.53. The van der Waals surface area contributed by atoms with Crippen molar-refractivity contribution in [2.45, 2.75) is 12.3 Å². The van der Waals surface area contributed by atoms with Crippen molar-refractivity contribution in [2.75, 3.05) is 6.61 Å². The number of rotatable bonds is 7. The zero-order chi connectivity index (χ0) is 21.2. The van der Waals surface area contributed by atoms with Crippen molar-refractivity contribution in [1.82, 2.24) is 10.9 Å². The molecule has 0 unspecified atom stereocenters. The predicted molar refractivity (Wildman–Crippen MR) is 112 cm³/mol. The number of benzene rings is 3. The number of hydrogen-bond acceptors (Lipinski definition) is 4. The average molecular weight is 402 g/mol. The monoisotopic (exact) mass is 402 g/mol. The third kappa shape index (κ3) is 6.04. The van der Waals surface area contributed by atoms with Crippen LogP contribution in [-0.2, 0) is 14.3 Å². The lowest BCUT2D eigenvalue weighted by Crippen LogP contribution is -2.43. The molecular formula is C24H22N2O4. The van der Waals surface area contributed by atoms with Gasteiger partial charge >= 0.3 is 5.97 Å². The highest BCUT2D eigenvalue weighted by atomic mass is 16.5. The van der Waals surface area contributed by atoms with Crippen LogP contribution < -0.4 is 10.9 Å². The number of esters is 1. The zero-order valence-electron chi connectivity index (χ0n) is 16.3. The molecule has 0 aliphatic heterocycles. The van der Waals surface area contributed by atoms with E-state index in [0.717, 1.165) is 11.1 Å². The molecule has 0 fully saturated rings. The molecule has 0 saturated heterocycles.